The zero-order chi connectivity index (χ0) is 19.2. The van der Waals surface area contributed by atoms with Crippen LogP contribution in [-0.4, -0.2) is 55.0 Å². The first-order chi connectivity index (χ1) is 13.1. The summed E-state index contributed by atoms with van der Waals surface area (Å²) in [6.07, 6.45) is -1.10. The van der Waals surface area contributed by atoms with Crippen LogP contribution in [0.3, 0.4) is 0 Å². The number of ether oxygens (including phenoxy) is 1. The normalized spacial score (nSPS) is 13.9. The number of nitrogens with one attached hydrogen (secondary N) is 1. The molecule has 0 fully saturated rings. The lowest BCUT2D eigenvalue weighted by Crippen LogP contribution is -2.40. The Morgan fingerprint density at radius 3 is 2.19 bits per heavy atom. The van der Waals surface area contributed by atoms with Crippen molar-refractivity contribution in [1.82, 2.24) is 10.2 Å². The number of alkyl carbamates (subject to hydrolysis) is 1. The van der Waals surface area contributed by atoms with Crippen LogP contribution in [0.2, 0.25) is 0 Å². The number of likely N-dealkylation sites (N-methyl/N-ethyl adjacent to an activating group) is 1. The lowest BCUT2D eigenvalue weighted by Gasteiger charge is -2.22. The molecule has 0 aliphatic heterocycles. The van der Waals surface area contributed by atoms with Crippen LogP contribution in [0.1, 0.15) is 30.9 Å². The predicted octanol–water partition coefficient (Wildman–Crippen LogP) is 3.23. The van der Waals surface area contributed by atoms with Crippen LogP contribution in [0.25, 0.3) is 11.1 Å². The van der Waals surface area contributed by atoms with Crippen molar-refractivity contribution in [1.29, 1.82) is 0 Å². The van der Waals surface area contributed by atoms with Gasteiger partial charge in [0.2, 0.25) is 0 Å². The van der Waals surface area contributed by atoms with Gasteiger partial charge in [0.1, 0.15) is 6.61 Å². The maximum atomic E-state index is 12.1. The van der Waals surface area contributed by atoms with Crippen LogP contribution in [0, 0.1) is 0 Å². The maximum absolute atomic E-state index is 12.1. The lowest BCUT2D eigenvalue weighted by molar-refractivity contribution is 0.105. The molecule has 27 heavy (non-hydrogen) atoms. The Labute approximate surface area is 161 Å². The Morgan fingerprint density at radius 2 is 1.63 bits per heavy atom. The Kier molecular flexibility index (Phi) is 6.48. The number of carbonyl (C=O) groups excluding carboxylic acids is 1. The molecule has 0 saturated heterocycles. The summed E-state index contributed by atoms with van der Waals surface area (Å²) in [7, 11) is 0. The van der Waals surface area contributed by atoms with Crippen LogP contribution in [-0.2, 0) is 4.74 Å². The van der Waals surface area contributed by atoms with Crippen LogP contribution in [0.15, 0.2) is 48.5 Å². The van der Waals surface area contributed by atoms with Crippen molar-refractivity contribution in [2.75, 3.05) is 32.8 Å². The summed E-state index contributed by atoms with van der Waals surface area (Å²) >= 11 is 0. The molecule has 3 rings (SSSR count). The zero-order valence-corrected chi connectivity index (χ0v) is 16.0. The first-order valence-corrected chi connectivity index (χ1v) is 9.63. The average molecular weight is 368 g/mol. The number of rotatable bonds is 8. The summed E-state index contributed by atoms with van der Waals surface area (Å²) in [5.74, 6) is 0.0451. The summed E-state index contributed by atoms with van der Waals surface area (Å²) in [5.41, 5.74) is 4.79. The number of carbonyl (C=O) groups is 1. The van der Waals surface area contributed by atoms with Gasteiger partial charge < -0.3 is 20.1 Å². The van der Waals surface area contributed by atoms with Crippen molar-refractivity contribution in [2.45, 2.75) is 25.9 Å². The molecule has 0 spiro atoms. The summed E-state index contributed by atoms with van der Waals surface area (Å²) < 4.78 is 5.47. The van der Waals surface area contributed by atoms with E-state index in [4.69, 9.17) is 4.74 Å². The van der Waals surface area contributed by atoms with E-state index in [1.165, 1.54) is 22.3 Å². The van der Waals surface area contributed by atoms with E-state index in [-0.39, 0.29) is 19.1 Å². The number of nitrogens with zero attached hydrogens (tertiary/aromatic N) is 1. The topological polar surface area (TPSA) is 61.8 Å². The van der Waals surface area contributed by atoms with E-state index in [1.54, 1.807) is 0 Å². The maximum Gasteiger partial charge on any atom is 0.407 e. The highest BCUT2D eigenvalue weighted by atomic mass is 16.5. The molecule has 5 heteroatoms. The summed E-state index contributed by atoms with van der Waals surface area (Å²) in [5, 5.41) is 12.7. The molecule has 2 N–H and O–H groups in total. The summed E-state index contributed by atoms with van der Waals surface area (Å²) in [6, 6.07) is 16.5. The fourth-order valence-electron chi connectivity index (χ4n) is 3.69. The molecule has 2 aromatic carbocycles. The largest absolute Gasteiger partial charge is 0.449 e. The van der Waals surface area contributed by atoms with Gasteiger partial charge in [-0.1, -0.05) is 62.4 Å². The van der Waals surface area contributed by atoms with Gasteiger partial charge in [0.15, 0.2) is 0 Å². The molecular weight excluding hydrogens is 340 g/mol. The van der Waals surface area contributed by atoms with Gasteiger partial charge in [0.05, 0.1) is 6.10 Å². The Balaban J connectivity index is 1.55. The minimum Gasteiger partial charge on any atom is -0.449 e. The van der Waals surface area contributed by atoms with E-state index in [0.717, 1.165) is 13.1 Å². The van der Waals surface area contributed by atoms with E-state index < -0.39 is 12.2 Å². The predicted molar refractivity (Wildman–Crippen MR) is 107 cm³/mol. The van der Waals surface area contributed by atoms with Gasteiger partial charge >= 0.3 is 6.09 Å². The van der Waals surface area contributed by atoms with E-state index >= 15 is 0 Å². The molecule has 1 atom stereocenters. The average Bonchev–Trinajstić information content (AvgIpc) is 3.03. The number of amides is 1. The third-order valence-corrected chi connectivity index (χ3v) is 5.19. The minimum absolute atomic E-state index is 0.0451. The van der Waals surface area contributed by atoms with Crippen LogP contribution in [0.4, 0.5) is 4.79 Å². The first kappa shape index (κ1) is 19.4. The van der Waals surface area contributed by atoms with Crippen molar-refractivity contribution in [3.05, 3.63) is 59.7 Å². The second kappa shape index (κ2) is 9.02. The molecule has 1 aliphatic carbocycles. The highest BCUT2D eigenvalue weighted by molar-refractivity contribution is 5.79. The van der Waals surface area contributed by atoms with Crippen LogP contribution in [0.5, 0.6) is 0 Å². The van der Waals surface area contributed by atoms with Crippen molar-refractivity contribution < 1.29 is 14.6 Å². The van der Waals surface area contributed by atoms with Crippen molar-refractivity contribution >= 4 is 6.09 Å². The number of fused-ring (bicyclic) bond motifs is 3. The van der Waals surface area contributed by atoms with Crippen LogP contribution < -0.4 is 5.32 Å². The molecular formula is C22H28N2O3. The molecule has 0 bridgehead atoms. The quantitative estimate of drug-likeness (QED) is 0.751. The molecule has 1 aliphatic rings. The fourth-order valence-corrected chi connectivity index (χ4v) is 3.69. The van der Waals surface area contributed by atoms with Gasteiger partial charge in [-0.25, -0.2) is 4.79 Å². The molecule has 0 heterocycles. The second-order valence-corrected chi connectivity index (χ2v) is 6.85. The Morgan fingerprint density at radius 1 is 1.07 bits per heavy atom. The number of hydrogen-bond donors (Lipinski definition) is 2. The van der Waals surface area contributed by atoms with E-state index in [2.05, 4.69) is 48.3 Å². The monoisotopic (exact) mass is 368 g/mol. The molecule has 2 aromatic rings. The van der Waals surface area contributed by atoms with Crippen molar-refractivity contribution in [3.63, 3.8) is 0 Å². The number of aliphatic hydroxyl groups excluding tert-OH is 1. The third kappa shape index (κ3) is 4.49. The van der Waals surface area contributed by atoms with Gasteiger partial charge in [0.25, 0.3) is 0 Å². The summed E-state index contributed by atoms with van der Waals surface area (Å²) in [4.78, 5) is 14.2. The van der Waals surface area contributed by atoms with Gasteiger partial charge in [-0.3, -0.25) is 0 Å². The third-order valence-electron chi connectivity index (χ3n) is 5.19. The van der Waals surface area contributed by atoms with E-state index in [1.807, 2.05) is 24.3 Å². The molecule has 144 valence electrons. The van der Waals surface area contributed by atoms with Crippen LogP contribution >= 0.6 is 0 Å². The molecule has 1 unspecified atom stereocenters. The zero-order valence-electron chi connectivity index (χ0n) is 16.0. The number of aliphatic hydroxyl groups is 1. The highest BCUT2D eigenvalue weighted by Crippen LogP contribution is 2.44. The van der Waals surface area contributed by atoms with Gasteiger partial charge in [-0.15, -0.1) is 0 Å². The van der Waals surface area contributed by atoms with Gasteiger partial charge in [0, 0.05) is 19.0 Å². The standard InChI is InChI=1S/C22H28N2O3/c1-3-24(4-2)14-16(25)13-23-22(26)27-15-21-19-11-7-5-9-17(19)18-10-6-8-12-20(18)21/h5-12,16,21,25H,3-4,13-15H2,1-2H3,(H,23,26). The number of benzene rings is 2. The SMILES string of the molecule is CCN(CC)CC(O)CNC(=O)OCC1c2ccccc2-c2ccccc21. The van der Waals surface area contributed by atoms with Crippen molar-refractivity contribution in [3.8, 4) is 11.1 Å². The van der Waals surface area contributed by atoms with Gasteiger partial charge in [-0.05, 0) is 35.3 Å². The minimum atomic E-state index is -0.606. The molecule has 0 saturated carbocycles. The lowest BCUT2D eigenvalue weighted by atomic mass is 9.98. The van der Waals surface area contributed by atoms with Crippen molar-refractivity contribution in [2.24, 2.45) is 0 Å². The smallest absolute Gasteiger partial charge is 0.407 e. The molecule has 0 radical (unpaired) electrons. The van der Waals surface area contributed by atoms with Gasteiger partial charge in [-0.2, -0.15) is 0 Å². The first-order valence-electron chi connectivity index (χ1n) is 9.63. The van der Waals surface area contributed by atoms with E-state index in [0.29, 0.717) is 6.54 Å². The molecule has 1 amide bonds. The Bertz CT molecular complexity index is 728. The Hall–Kier alpha value is -2.37. The number of hydrogen-bond acceptors (Lipinski definition) is 4. The van der Waals surface area contributed by atoms with E-state index in [9.17, 15) is 9.90 Å². The summed E-state index contributed by atoms with van der Waals surface area (Å²) in [6.45, 7) is 6.86. The molecule has 0 aromatic heterocycles. The molecule has 5 nitrogen and oxygen atoms in total. The highest BCUT2D eigenvalue weighted by Gasteiger charge is 2.29. The fraction of sp³-hybridized carbons (Fsp3) is 0.409. The second-order valence-electron chi connectivity index (χ2n) is 6.85.